The van der Waals surface area contributed by atoms with Gasteiger partial charge in [-0.2, -0.15) is 4.31 Å². The zero-order valence-electron chi connectivity index (χ0n) is 11.2. The first-order chi connectivity index (χ1) is 9.96. The number of aliphatic carboxylic acids is 1. The van der Waals surface area contributed by atoms with E-state index in [1.54, 1.807) is 6.07 Å². The predicted molar refractivity (Wildman–Crippen MR) is 71.9 cm³/mol. The monoisotopic (exact) mass is 313 g/mol. The van der Waals surface area contributed by atoms with Gasteiger partial charge in [0.05, 0.1) is 11.3 Å². The van der Waals surface area contributed by atoms with E-state index >= 15 is 0 Å². The Kier molecular flexibility index (Phi) is 3.50. The molecule has 0 radical (unpaired) electrons. The van der Waals surface area contributed by atoms with Crippen LogP contribution in [0.1, 0.15) is 6.42 Å². The summed E-state index contributed by atoms with van der Waals surface area (Å²) >= 11 is 0. The van der Waals surface area contributed by atoms with Crippen molar-refractivity contribution in [2.45, 2.75) is 11.3 Å². The molecule has 1 aromatic rings. The third-order valence-corrected chi connectivity index (χ3v) is 5.37. The van der Waals surface area contributed by atoms with Gasteiger partial charge < -0.3 is 14.6 Å². The van der Waals surface area contributed by atoms with E-state index in [1.165, 1.54) is 16.4 Å². The summed E-state index contributed by atoms with van der Waals surface area (Å²) in [5.74, 6) is -0.0663. The molecule has 0 atom stereocenters. The summed E-state index contributed by atoms with van der Waals surface area (Å²) in [6, 6.07) is 4.51. The number of carbonyl (C=O) groups is 1. The van der Waals surface area contributed by atoms with Gasteiger partial charge in [0, 0.05) is 19.2 Å². The van der Waals surface area contributed by atoms with Crippen LogP contribution in [-0.2, 0) is 14.8 Å². The van der Waals surface area contributed by atoms with Crippen molar-refractivity contribution >= 4 is 16.0 Å². The van der Waals surface area contributed by atoms with E-state index in [-0.39, 0.29) is 30.3 Å². The summed E-state index contributed by atoms with van der Waals surface area (Å²) in [6.45, 7) is 1.31. The highest BCUT2D eigenvalue weighted by Gasteiger charge is 2.38. The van der Waals surface area contributed by atoms with Gasteiger partial charge in [-0.3, -0.25) is 4.79 Å². The molecule has 0 bridgehead atoms. The zero-order chi connectivity index (χ0) is 15.0. The van der Waals surface area contributed by atoms with Crippen LogP contribution in [0.3, 0.4) is 0 Å². The van der Waals surface area contributed by atoms with Crippen LogP contribution in [0.15, 0.2) is 23.1 Å². The molecule has 0 aromatic heterocycles. The molecule has 0 amide bonds. The van der Waals surface area contributed by atoms with E-state index in [0.717, 1.165) is 0 Å². The van der Waals surface area contributed by atoms with Gasteiger partial charge in [0.25, 0.3) is 0 Å². The molecule has 1 N–H and O–H groups in total. The van der Waals surface area contributed by atoms with Crippen LogP contribution < -0.4 is 9.47 Å². The second-order valence-corrected chi connectivity index (χ2v) is 7.03. The number of benzene rings is 1. The van der Waals surface area contributed by atoms with Crippen molar-refractivity contribution in [3.8, 4) is 11.5 Å². The molecular weight excluding hydrogens is 298 g/mol. The van der Waals surface area contributed by atoms with Crippen LogP contribution in [0.2, 0.25) is 0 Å². The Hall–Kier alpha value is -1.80. The minimum atomic E-state index is -3.60. The summed E-state index contributed by atoms with van der Waals surface area (Å²) < 4.78 is 36.8. The molecular formula is C13H15NO6S. The van der Waals surface area contributed by atoms with Gasteiger partial charge in [-0.1, -0.05) is 0 Å². The van der Waals surface area contributed by atoms with Gasteiger partial charge in [-0.15, -0.1) is 0 Å². The SMILES string of the molecule is O=C(O)CC1CN(S(=O)(=O)c2ccc3c(c2)OCCO3)C1. The first-order valence-electron chi connectivity index (χ1n) is 6.58. The second-order valence-electron chi connectivity index (χ2n) is 5.09. The maximum atomic E-state index is 12.4. The lowest BCUT2D eigenvalue weighted by Crippen LogP contribution is -2.50. The molecule has 0 unspecified atom stereocenters. The molecule has 1 fully saturated rings. The molecule has 21 heavy (non-hydrogen) atoms. The summed E-state index contributed by atoms with van der Waals surface area (Å²) in [5.41, 5.74) is 0. The van der Waals surface area contributed by atoms with Gasteiger partial charge in [0.2, 0.25) is 10.0 Å². The summed E-state index contributed by atoms with van der Waals surface area (Å²) in [5, 5.41) is 8.69. The quantitative estimate of drug-likeness (QED) is 0.872. The molecule has 3 rings (SSSR count). The van der Waals surface area contributed by atoms with Gasteiger partial charge in [0.1, 0.15) is 13.2 Å². The second kappa shape index (κ2) is 5.19. The van der Waals surface area contributed by atoms with Gasteiger partial charge in [-0.05, 0) is 18.1 Å². The standard InChI is InChI=1S/C13H15NO6S/c15-13(16)5-9-7-14(8-9)21(17,18)10-1-2-11-12(6-10)20-4-3-19-11/h1-2,6,9H,3-5,7-8H2,(H,15,16). The van der Waals surface area contributed by atoms with Crippen LogP contribution in [0.4, 0.5) is 0 Å². The lowest BCUT2D eigenvalue weighted by atomic mass is 10.00. The smallest absolute Gasteiger partial charge is 0.303 e. The molecule has 8 heteroatoms. The fourth-order valence-corrected chi connectivity index (χ4v) is 4.04. The average molecular weight is 313 g/mol. The lowest BCUT2D eigenvalue weighted by Gasteiger charge is -2.37. The fourth-order valence-electron chi connectivity index (χ4n) is 2.43. The molecule has 1 aromatic carbocycles. The topological polar surface area (TPSA) is 93.1 Å². The largest absolute Gasteiger partial charge is 0.486 e. The maximum Gasteiger partial charge on any atom is 0.303 e. The Balaban J connectivity index is 1.75. The number of hydrogen-bond acceptors (Lipinski definition) is 5. The highest BCUT2D eigenvalue weighted by atomic mass is 32.2. The van der Waals surface area contributed by atoms with E-state index in [0.29, 0.717) is 24.7 Å². The van der Waals surface area contributed by atoms with Crippen molar-refractivity contribution in [2.75, 3.05) is 26.3 Å². The van der Waals surface area contributed by atoms with Crippen molar-refractivity contribution in [2.24, 2.45) is 5.92 Å². The Morgan fingerprint density at radius 3 is 2.57 bits per heavy atom. The zero-order valence-corrected chi connectivity index (χ0v) is 12.0. The van der Waals surface area contributed by atoms with Crippen LogP contribution in [0.25, 0.3) is 0 Å². The first kappa shape index (κ1) is 14.2. The van der Waals surface area contributed by atoms with Gasteiger partial charge in [0.15, 0.2) is 11.5 Å². The Morgan fingerprint density at radius 2 is 1.90 bits per heavy atom. The number of nitrogens with zero attached hydrogens (tertiary/aromatic N) is 1. The highest BCUT2D eigenvalue weighted by Crippen LogP contribution is 2.34. The van der Waals surface area contributed by atoms with Crippen LogP contribution >= 0.6 is 0 Å². The third kappa shape index (κ3) is 2.68. The van der Waals surface area contributed by atoms with E-state index in [4.69, 9.17) is 14.6 Å². The predicted octanol–water partition coefficient (Wildman–Crippen LogP) is 0.553. The van der Waals surface area contributed by atoms with E-state index in [2.05, 4.69) is 0 Å². The Morgan fingerprint density at radius 1 is 1.24 bits per heavy atom. The summed E-state index contributed by atoms with van der Waals surface area (Å²) in [7, 11) is -3.60. The number of rotatable bonds is 4. The molecule has 0 aliphatic carbocycles. The molecule has 2 aliphatic heterocycles. The fraction of sp³-hybridized carbons (Fsp3) is 0.462. The molecule has 114 valence electrons. The lowest BCUT2D eigenvalue weighted by molar-refractivity contribution is -0.139. The number of hydrogen-bond donors (Lipinski definition) is 1. The normalized spacial score (nSPS) is 19.0. The van der Waals surface area contributed by atoms with Gasteiger partial charge in [-0.25, -0.2) is 8.42 Å². The van der Waals surface area contributed by atoms with Crippen molar-refractivity contribution in [1.82, 2.24) is 4.31 Å². The van der Waals surface area contributed by atoms with Crippen molar-refractivity contribution in [3.05, 3.63) is 18.2 Å². The van der Waals surface area contributed by atoms with Crippen molar-refractivity contribution in [3.63, 3.8) is 0 Å². The van der Waals surface area contributed by atoms with E-state index < -0.39 is 16.0 Å². The number of ether oxygens (including phenoxy) is 2. The van der Waals surface area contributed by atoms with Crippen LogP contribution in [0, 0.1) is 5.92 Å². The number of fused-ring (bicyclic) bond motifs is 1. The first-order valence-corrected chi connectivity index (χ1v) is 8.02. The third-order valence-electron chi connectivity index (χ3n) is 3.54. The minimum Gasteiger partial charge on any atom is -0.486 e. The maximum absolute atomic E-state index is 12.4. The molecule has 1 saturated heterocycles. The Labute approximate surface area is 122 Å². The van der Waals surface area contributed by atoms with Crippen molar-refractivity contribution in [1.29, 1.82) is 0 Å². The summed E-state index contributed by atoms with van der Waals surface area (Å²) in [6.07, 6.45) is -0.00679. The number of sulfonamides is 1. The molecule has 7 nitrogen and oxygen atoms in total. The average Bonchev–Trinajstić information content (AvgIpc) is 2.41. The number of carboxylic acids is 1. The summed E-state index contributed by atoms with van der Waals surface area (Å²) in [4.78, 5) is 10.7. The highest BCUT2D eigenvalue weighted by molar-refractivity contribution is 7.89. The number of carboxylic acid groups (broad SMARTS) is 1. The molecule has 0 spiro atoms. The van der Waals surface area contributed by atoms with Crippen LogP contribution in [0.5, 0.6) is 11.5 Å². The molecule has 2 heterocycles. The Bertz CT molecular complexity index is 665. The van der Waals surface area contributed by atoms with Crippen LogP contribution in [-0.4, -0.2) is 50.1 Å². The van der Waals surface area contributed by atoms with Crippen molar-refractivity contribution < 1.29 is 27.8 Å². The molecule has 0 saturated carbocycles. The minimum absolute atomic E-state index is 0.00679. The molecule has 2 aliphatic rings. The van der Waals surface area contributed by atoms with Gasteiger partial charge >= 0.3 is 5.97 Å². The van der Waals surface area contributed by atoms with E-state index in [9.17, 15) is 13.2 Å². The van der Waals surface area contributed by atoms with E-state index in [1.807, 2.05) is 0 Å².